The molecular formula is C8H11N3O2. The Morgan fingerprint density at radius 3 is 3.00 bits per heavy atom. The maximum atomic E-state index is 10.1. The molecule has 1 aromatic rings. The van der Waals surface area contributed by atoms with Crippen molar-refractivity contribution in [1.82, 2.24) is 15.3 Å². The molecule has 0 aliphatic carbocycles. The van der Waals surface area contributed by atoms with Crippen molar-refractivity contribution in [2.45, 2.75) is 13.0 Å². The van der Waals surface area contributed by atoms with E-state index in [-0.39, 0.29) is 6.42 Å². The molecule has 5 nitrogen and oxygen atoms in total. The SMILES string of the molecule is O=C(O)CCNCc1cnccn1. The second kappa shape index (κ2) is 5.21. The zero-order valence-corrected chi connectivity index (χ0v) is 7.10. The van der Waals surface area contributed by atoms with Crippen LogP contribution in [0.15, 0.2) is 18.6 Å². The molecule has 0 amide bonds. The van der Waals surface area contributed by atoms with Gasteiger partial charge >= 0.3 is 5.97 Å². The molecule has 0 bridgehead atoms. The van der Waals surface area contributed by atoms with Crippen LogP contribution in [-0.4, -0.2) is 27.6 Å². The molecule has 0 atom stereocenters. The van der Waals surface area contributed by atoms with E-state index in [1.165, 1.54) is 0 Å². The third-order valence-corrected chi connectivity index (χ3v) is 1.44. The first kappa shape index (κ1) is 9.60. The largest absolute Gasteiger partial charge is 0.481 e. The lowest BCUT2D eigenvalue weighted by molar-refractivity contribution is -0.136. The van der Waals surface area contributed by atoms with Gasteiger partial charge in [0.15, 0.2) is 0 Å². The van der Waals surface area contributed by atoms with Gasteiger partial charge in [-0.1, -0.05) is 0 Å². The van der Waals surface area contributed by atoms with E-state index in [1.54, 1.807) is 18.6 Å². The molecule has 5 heteroatoms. The highest BCUT2D eigenvalue weighted by molar-refractivity contribution is 5.66. The van der Waals surface area contributed by atoms with Crippen LogP contribution >= 0.6 is 0 Å². The average Bonchev–Trinajstić information content (AvgIpc) is 2.14. The minimum atomic E-state index is -0.799. The van der Waals surface area contributed by atoms with E-state index in [2.05, 4.69) is 15.3 Å². The van der Waals surface area contributed by atoms with Crippen LogP contribution < -0.4 is 5.32 Å². The fourth-order valence-electron chi connectivity index (χ4n) is 0.833. The molecule has 0 saturated heterocycles. The summed E-state index contributed by atoms with van der Waals surface area (Å²) in [7, 11) is 0. The van der Waals surface area contributed by atoms with Gasteiger partial charge in [0.1, 0.15) is 0 Å². The van der Waals surface area contributed by atoms with Crippen molar-refractivity contribution >= 4 is 5.97 Å². The highest BCUT2D eigenvalue weighted by Crippen LogP contribution is 1.88. The van der Waals surface area contributed by atoms with Crippen molar-refractivity contribution in [2.24, 2.45) is 0 Å². The molecule has 0 radical (unpaired) electrons. The van der Waals surface area contributed by atoms with Gasteiger partial charge < -0.3 is 10.4 Å². The van der Waals surface area contributed by atoms with Gasteiger partial charge in [0, 0.05) is 31.7 Å². The first-order valence-corrected chi connectivity index (χ1v) is 3.96. The van der Waals surface area contributed by atoms with Crippen LogP contribution in [0.2, 0.25) is 0 Å². The average molecular weight is 181 g/mol. The molecule has 1 rings (SSSR count). The van der Waals surface area contributed by atoms with Gasteiger partial charge in [0.25, 0.3) is 0 Å². The number of hydrogen-bond donors (Lipinski definition) is 2. The molecule has 0 saturated carbocycles. The second-order valence-electron chi connectivity index (χ2n) is 2.52. The summed E-state index contributed by atoms with van der Waals surface area (Å²) in [5, 5.41) is 11.3. The monoisotopic (exact) mass is 181 g/mol. The number of nitrogens with zero attached hydrogens (tertiary/aromatic N) is 2. The first-order valence-electron chi connectivity index (χ1n) is 3.96. The number of rotatable bonds is 5. The lowest BCUT2D eigenvalue weighted by Gasteiger charge is -2.00. The van der Waals surface area contributed by atoms with Crippen LogP contribution in [-0.2, 0) is 11.3 Å². The summed E-state index contributed by atoms with van der Waals surface area (Å²) in [5.74, 6) is -0.799. The van der Waals surface area contributed by atoms with E-state index in [1.807, 2.05) is 0 Å². The molecule has 1 aromatic heterocycles. The second-order valence-corrected chi connectivity index (χ2v) is 2.52. The highest BCUT2D eigenvalue weighted by atomic mass is 16.4. The first-order chi connectivity index (χ1) is 6.29. The minimum absolute atomic E-state index is 0.125. The van der Waals surface area contributed by atoms with Gasteiger partial charge in [-0.3, -0.25) is 14.8 Å². The Morgan fingerprint density at radius 2 is 2.38 bits per heavy atom. The molecule has 2 N–H and O–H groups in total. The predicted molar refractivity (Wildman–Crippen MR) is 46.0 cm³/mol. The summed E-state index contributed by atoms with van der Waals surface area (Å²) in [5.41, 5.74) is 0.813. The van der Waals surface area contributed by atoms with Crippen LogP contribution in [0.3, 0.4) is 0 Å². The van der Waals surface area contributed by atoms with E-state index in [4.69, 9.17) is 5.11 Å². The fourth-order valence-corrected chi connectivity index (χ4v) is 0.833. The molecular weight excluding hydrogens is 170 g/mol. The van der Waals surface area contributed by atoms with Crippen molar-refractivity contribution in [3.8, 4) is 0 Å². The Bertz CT molecular complexity index is 263. The van der Waals surface area contributed by atoms with E-state index in [9.17, 15) is 4.79 Å². The van der Waals surface area contributed by atoms with Crippen molar-refractivity contribution < 1.29 is 9.90 Å². The summed E-state index contributed by atoms with van der Waals surface area (Å²) in [6, 6.07) is 0. The lowest BCUT2D eigenvalue weighted by Crippen LogP contribution is -2.18. The molecule has 0 aliphatic rings. The highest BCUT2D eigenvalue weighted by Gasteiger charge is 1.96. The normalized spacial score (nSPS) is 9.85. The van der Waals surface area contributed by atoms with Crippen LogP contribution in [0.5, 0.6) is 0 Å². The molecule has 0 spiro atoms. The van der Waals surface area contributed by atoms with Crippen molar-refractivity contribution in [2.75, 3.05) is 6.54 Å². The third-order valence-electron chi connectivity index (χ3n) is 1.44. The van der Waals surface area contributed by atoms with Gasteiger partial charge in [-0.25, -0.2) is 0 Å². The Balaban J connectivity index is 2.17. The Kier molecular flexibility index (Phi) is 3.84. The molecule has 13 heavy (non-hydrogen) atoms. The molecule has 70 valence electrons. The van der Waals surface area contributed by atoms with Crippen LogP contribution in [0.4, 0.5) is 0 Å². The zero-order chi connectivity index (χ0) is 9.52. The molecule has 0 unspecified atom stereocenters. The summed E-state index contributed by atoms with van der Waals surface area (Å²) >= 11 is 0. The number of carboxylic acid groups (broad SMARTS) is 1. The maximum Gasteiger partial charge on any atom is 0.304 e. The topological polar surface area (TPSA) is 75.1 Å². The maximum absolute atomic E-state index is 10.1. The van der Waals surface area contributed by atoms with Gasteiger partial charge in [0.2, 0.25) is 0 Å². The number of carboxylic acids is 1. The summed E-state index contributed by atoms with van der Waals surface area (Å²) in [4.78, 5) is 18.0. The van der Waals surface area contributed by atoms with E-state index in [0.717, 1.165) is 5.69 Å². The van der Waals surface area contributed by atoms with Gasteiger partial charge in [-0.15, -0.1) is 0 Å². The predicted octanol–water partition coefficient (Wildman–Crippen LogP) is 0.0409. The molecule has 0 fully saturated rings. The summed E-state index contributed by atoms with van der Waals surface area (Å²) in [6.07, 6.45) is 4.98. The van der Waals surface area contributed by atoms with Gasteiger partial charge in [-0.2, -0.15) is 0 Å². The zero-order valence-electron chi connectivity index (χ0n) is 7.10. The van der Waals surface area contributed by atoms with E-state index < -0.39 is 5.97 Å². The van der Waals surface area contributed by atoms with Gasteiger partial charge in [0.05, 0.1) is 12.1 Å². The Hall–Kier alpha value is -1.49. The molecule has 0 aromatic carbocycles. The number of aliphatic carboxylic acids is 1. The number of aromatic nitrogens is 2. The van der Waals surface area contributed by atoms with E-state index >= 15 is 0 Å². The smallest absolute Gasteiger partial charge is 0.304 e. The fraction of sp³-hybridized carbons (Fsp3) is 0.375. The van der Waals surface area contributed by atoms with Crippen molar-refractivity contribution in [3.05, 3.63) is 24.3 Å². The van der Waals surface area contributed by atoms with Crippen LogP contribution in [0, 0.1) is 0 Å². The van der Waals surface area contributed by atoms with Crippen LogP contribution in [0.25, 0.3) is 0 Å². The van der Waals surface area contributed by atoms with Crippen LogP contribution in [0.1, 0.15) is 12.1 Å². The number of hydrogen-bond acceptors (Lipinski definition) is 4. The number of nitrogens with one attached hydrogen (secondary N) is 1. The van der Waals surface area contributed by atoms with Crippen molar-refractivity contribution in [3.63, 3.8) is 0 Å². The lowest BCUT2D eigenvalue weighted by atomic mass is 10.4. The molecule has 0 aliphatic heterocycles. The minimum Gasteiger partial charge on any atom is -0.481 e. The standard InChI is InChI=1S/C8H11N3O2/c12-8(13)1-2-9-5-7-6-10-3-4-11-7/h3-4,6,9H,1-2,5H2,(H,12,13). The Labute approximate surface area is 75.8 Å². The third kappa shape index (κ3) is 4.17. The Morgan fingerprint density at radius 1 is 1.54 bits per heavy atom. The summed E-state index contributed by atoms with van der Waals surface area (Å²) in [6.45, 7) is 1.01. The molecule has 1 heterocycles. The number of carbonyl (C=O) groups is 1. The van der Waals surface area contributed by atoms with Crippen molar-refractivity contribution in [1.29, 1.82) is 0 Å². The quantitative estimate of drug-likeness (QED) is 0.627. The van der Waals surface area contributed by atoms with E-state index in [0.29, 0.717) is 13.1 Å². The summed E-state index contributed by atoms with van der Waals surface area (Å²) < 4.78 is 0. The van der Waals surface area contributed by atoms with Gasteiger partial charge in [-0.05, 0) is 0 Å².